The number of aromatic nitrogens is 3. The maximum atomic E-state index is 13.1. The number of benzene rings is 1. The van der Waals surface area contributed by atoms with Crippen LogP contribution >= 0.6 is 0 Å². The van der Waals surface area contributed by atoms with Crippen LogP contribution in [0.5, 0.6) is 0 Å². The lowest BCUT2D eigenvalue weighted by atomic mass is 10.1. The van der Waals surface area contributed by atoms with E-state index in [1.807, 2.05) is 0 Å². The summed E-state index contributed by atoms with van der Waals surface area (Å²) in [6, 6.07) is 9.55. The Labute approximate surface area is 170 Å². The molecule has 156 valence electrons. The van der Waals surface area contributed by atoms with Gasteiger partial charge >= 0.3 is 6.18 Å². The molecule has 0 spiro atoms. The van der Waals surface area contributed by atoms with Crippen molar-refractivity contribution in [2.24, 2.45) is 0 Å². The first kappa shape index (κ1) is 21.0. The van der Waals surface area contributed by atoms with Crippen LogP contribution in [-0.4, -0.2) is 44.6 Å². The lowest BCUT2D eigenvalue weighted by molar-refractivity contribution is -0.137. The van der Waals surface area contributed by atoms with Crippen LogP contribution in [0.4, 0.5) is 18.9 Å². The van der Waals surface area contributed by atoms with E-state index in [1.165, 1.54) is 27.9 Å². The number of likely N-dealkylation sites (N-methyl/N-ethyl adjacent to an activating group) is 1. The second-order valence-corrected chi connectivity index (χ2v) is 6.27. The fraction of sp³-hybridized carbons (Fsp3) is 0.200. The van der Waals surface area contributed by atoms with Gasteiger partial charge in [0, 0.05) is 25.1 Å². The van der Waals surface area contributed by atoms with Crippen molar-refractivity contribution in [1.82, 2.24) is 19.7 Å². The summed E-state index contributed by atoms with van der Waals surface area (Å²) in [6.07, 6.45) is 0.0470. The number of carbonyl (C=O) groups is 2. The van der Waals surface area contributed by atoms with Crippen LogP contribution in [0.1, 0.15) is 22.8 Å². The van der Waals surface area contributed by atoms with E-state index in [0.717, 1.165) is 12.1 Å². The first-order valence-electron chi connectivity index (χ1n) is 9.01. The number of carbonyl (C=O) groups excluding carboxylic acids is 2. The molecule has 0 unspecified atom stereocenters. The molecule has 30 heavy (non-hydrogen) atoms. The number of nitrogens with zero attached hydrogens (tertiary/aromatic N) is 4. The Morgan fingerprint density at radius 1 is 1.13 bits per heavy atom. The van der Waals surface area contributed by atoms with Gasteiger partial charge in [-0.2, -0.15) is 18.3 Å². The molecule has 1 N–H and O–H groups in total. The molecule has 0 saturated carbocycles. The van der Waals surface area contributed by atoms with E-state index < -0.39 is 30.1 Å². The molecule has 0 fully saturated rings. The third kappa shape index (κ3) is 4.83. The molecule has 3 aromatic rings. The van der Waals surface area contributed by atoms with Gasteiger partial charge in [0.2, 0.25) is 5.91 Å². The fourth-order valence-electron chi connectivity index (χ4n) is 2.76. The van der Waals surface area contributed by atoms with Gasteiger partial charge in [-0.05, 0) is 37.3 Å². The van der Waals surface area contributed by atoms with Crippen molar-refractivity contribution in [3.05, 3.63) is 72.2 Å². The molecule has 0 saturated heterocycles. The van der Waals surface area contributed by atoms with Crippen LogP contribution < -0.4 is 5.32 Å². The van der Waals surface area contributed by atoms with Crippen molar-refractivity contribution in [3.8, 4) is 5.82 Å². The Morgan fingerprint density at radius 3 is 2.50 bits per heavy atom. The molecule has 3 rings (SSSR count). The molecule has 7 nitrogen and oxygen atoms in total. The minimum atomic E-state index is -4.61. The average Bonchev–Trinajstić information content (AvgIpc) is 3.26. The molecule has 0 radical (unpaired) electrons. The number of nitrogens with one attached hydrogen (secondary N) is 1. The number of hydrogen-bond acceptors (Lipinski definition) is 4. The normalized spacial score (nSPS) is 11.2. The molecule has 0 aliphatic rings. The number of para-hydroxylation sites is 1. The van der Waals surface area contributed by atoms with E-state index in [-0.39, 0.29) is 17.8 Å². The first-order chi connectivity index (χ1) is 14.3. The van der Waals surface area contributed by atoms with Crippen LogP contribution in [0.15, 0.2) is 61.1 Å². The van der Waals surface area contributed by atoms with E-state index in [0.29, 0.717) is 5.82 Å². The maximum absolute atomic E-state index is 13.1. The number of hydrogen-bond donors (Lipinski definition) is 1. The highest BCUT2D eigenvalue weighted by Gasteiger charge is 2.33. The highest BCUT2D eigenvalue weighted by molar-refractivity contribution is 5.99. The molecular weight excluding hydrogens is 399 g/mol. The van der Waals surface area contributed by atoms with Crippen molar-refractivity contribution in [1.29, 1.82) is 0 Å². The first-order valence-corrected chi connectivity index (χ1v) is 9.01. The third-order valence-electron chi connectivity index (χ3n) is 4.24. The SMILES string of the molecule is CCN(CC(=O)Nc1ccccc1C(F)(F)F)C(=O)c1ccc(-n2cccn2)nc1. The third-order valence-corrected chi connectivity index (χ3v) is 4.24. The van der Waals surface area contributed by atoms with Gasteiger partial charge in [0.25, 0.3) is 5.91 Å². The Morgan fingerprint density at radius 2 is 1.90 bits per heavy atom. The molecule has 10 heteroatoms. The maximum Gasteiger partial charge on any atom is 0.418 e. The van der Waals surface area contributed by atoms with Crippen molar-refractivity contribution in [2.45, 2.75) is 13.1 Å². The zero-order chi connectivity index (χ0) is 21.7. The van der Waals surface area contributed by atoms with Gasteiger partial charge in [-0.25, -0.2) is 9.67 Å². The van der Waals surface area contributed by atoms with Crippen molar-refractivity contribution in [3.63, 3.8) is 0 Å². The van der Waals surface area contributed by atoms with E-state index >= 15 is 0 Å². The van der Waals surface area contributed by atoms with Crippen molar-refractivity contribution in [2.75, 3.05) is 18.4 Å². The summed E-state index contributed by atoms with van der Waals surface area (Å²) in [5.41, 5.74) is -1.06. The molecular formula is C20H18F3N5O2. The number of amides is 2. The van der Waals surface area contributed by atoms with Crippen molar-refractivity contribution < 1.29 is 22.8 Å². The average molecular weight is 417 g/mol. The summed E-state index contributed by atoms with van der Waals surface area (Å²) in [6.45, 7) is 1.46. The Bertz CT molecular complexity index is 1020. The number of rotatable bonds is 6. The van der Waals surface area contributed by atoms with Gasteiger partial charge in [0.05, 0.1) is 16.8 Å². The molecule has 0 aliphatic heterocycles. The van der Waals surface area contributed by atoms with Gasteiger partial charge in [-0.3, -0.25) is 9.59 Å². The predicted molar refractivity (Wildman–Crippen MR) is 103 cm³/mol. The van der Waals surface area contributed by atoms with E-state index in [4.69, 9.17) is 0 Å². The summed E-state index contributed by atoms with van der Waals surface area (Å²) in [5, 5.41) is 6.28. The minimum Gasteiger partial charge on any atom is -0.330 e. The Hall–Kier alpha value is -3.69. The largest absolute Gasteiger partial charge is 0.418 e. The number of alkyl halides is 3. The topological polar surface area (TPSA) is 80.1 Å². The van der Waals surface area contributed by atoms with Crippen molar-refractivity contribution >= 4 is 17.5 Å². The minimum absolute atomic E-state index is 0.189. The van der Waals surface area contributed by atoms with Crippen LogP contribution in [0.2, 0.25) is 0 Å². The van der Waals surface area contributed by atoms with Gasteiger partial charge in [0.1, 0.15) is 6.54 Å². The molecule has 1 aromatic carbocycles. The smallest absolute Gasteiger partial charge is 0.330 e. The quantitative estimate of drug-likeness (QED) is 0.667. The number of anilines is 1. The van der Waals surface area contributed by atoms with Crippen LogP contribution in [0.25, 0.3) is 5.82 Å². The lowest BCUT2D eigenvalue weighted by Gasteiger charge is -2.21. The summed E-state index contributed by atoms with van der Waals surface area (Å²) in [7, 11) is 0. The van der Waals surface area contributed by atoms with E-state index in [2.05, 4.69) is 15.4 Å². The fourth-order valence-corrected chi connectivity index (χ4v) is 2.76. The molecule has 0 aliphatic carbocycles. The van der Waals surface area contributed by atoms with Crippen LogP contribution in [-0.2, 0) is 11.0 Å². The number of halogens is 3. The second kappa shape index (κ2) is 8.76. The Kier molecular flexibility index (Phi) is 6.14. The molecule has 0 atom stereocenters. The van der Waals surface area contributed by atoms with Gasteiger partial charge in [-0.15, -0.1) is 0 Å². The van der Waals surface area contributed by atoms with Gasteiger partial charge in [0.15, 0.2) is 5.82 Å². The molecule has 2 aromatic heterocycles. The summed E-state index contributed by atoms with van der Waals surface area (Å²) >= 11 is 0. The summed E-state index contributed by atoms with van der Waals surface area (Å²) < 4.78 is 40.8. The summed E-state index contributed by atoms with van der Waals surface area (Å²) in [5.74, 6) is -0.680. The zero-order valence-electron chi connectivity index (χ0n) is 15.9. The number of pyridine rings is 1. The predicted octanol–water partition coefficient (Wildman–Crippen LogP) is 3.39. The van der Waals surface area contributed by atoms with Crippen LogP contribution in [0.3, 0.4) is 0 Å². The summed E-state index contributed by atoms with van der Waals surface area (Å²) in [4.78, 5) is 30.4. The standard InChI is InChI=1S/C20H18F3N5O2/c1-2-27(13-18(29)26-16-7-4-3-6-15(16)20(21,22)23)19(30)14-8-9-17(24-12-14)28-11-5-10-25-28/h3-12H,2,13H2,1H3,(H,26,29). The molecule has 0 bridgehead atoms. The molecule has 2 heterocycles. The highest BCUT2D eigenvalue weighted by Crippen LogP contribution is 2.34. The van der Waals surface area contributed by atoms with Gasteiger partial charge in [-0.1, -0.05) is 12.1 Å². The monoisotopic (exact) mass is 417 g/mol. The zero-order valence-corrected chi connectivity index (χ0v) is 15.9. The molecule has 2 amide bonds. The lowest BCUT2D eigenvalue weighted by Crippen LogP contribution is -2.38. The van der Waals surface area contributed by atoms with Gasteiger partial charge < -0.3 is 10.2 Å². The Balaban J connectivity index is 1.69. The van der Waals surface area contributed by atoms with E-state index in [1.54, 1.807) is 37.5 Å². The highest BCUT2D eigenvalue weighted by atomic mass is 19.4. The van der Waals surface area contributed by atoms with E-state index in [9.17, 15) is 22.8 Å². The second-order valence-electron chi connectivity index (χ2n) is 6.27. The van der Waals surface area contributed by atoms with Crippen LogP contribution in [0, 0.1) is 0 Å².